The van der Waals surface area contributed by atoms with Gasteiger partial charge in [0.2, 0.25) is 5.91 Å². The van der Waals surface area contributed by atoms with E-state index in [0.717, 1.165) is 12.2 Å². The molecule has 0 saturated heterocycles. The van der Waals surface area contributed by atoms with Crippen LogP contribution in [0.2, 0.25) is 0 Å². The maximum atomic E-state index is 11.6. The van der Waals surface area contributed by atoms with E-state index in [1.54, 1.807) is 24.3 Å². The minimum atomic E-state index is -0.787. The number of hydrogen-bond donors (Lipinski definition) is 2. The fourth-order valence-corrected chi connectivity index (χ4v) is 2.69. The van der Waals surface area contributed by atoms with Crippen LogP contribution in [0.15, 0.2) is 24.3 Å². The fourth-order valence-electron chi connectivity index (χ4n) is 1.56. The fraction of sp³-hybridized carbons (Fsp3) is 0.462. The molecule has 5 heteroatoms. The van der Waals surface area contributed by atoms with E-state index in [9.17, 15) is 9.00 Å². The topological polar surface area (TPSA) is 72.2 Å². The molecular weight excluding hydrogens is 248 g/mol. The molecule has 1 aromatic carbocycles. The maximum absolute atomic E-state index is 11.6. The average Bonchev–Trinajstić information content (AvgIpc) is 2.29. The molecule has 4 nitrogen and oxygen atoms in total. The van der Waals surface area contributed by atoms with Crippen molar-refractivity contribution in [1.82, 2.24) is 0 Å². The summed E-state index contributed by atoms with van der Waals surface area (Å²) in [5.41, 5.74) is 6.94. The van der Waals surface area contributed by atoms with Crippen LogP contribution in [0.1, 0.15) is 26.2 Å². The summed E-state index contributed by atoms with van der Waals surface area (Å²) in [6, 6.07) is 7.07. The Hall–Kier alpha value is -1.36. The molecule has 0 aliphatic heterocycles. The monoisotopic (exact) mass is 268 g/mol. The van der Waals surface area contributed by atoms with Crippen molar-refractivity contribution in [2.75, 3.05) is 22.6 Å². The lowest BCUT2D eigenvalue weighted by atomic mass is 10.2. The normalized spacial score (nSPS) is 12.1. The van der Waals surface area contributed by atoms with Crippen LogP contribution >= 0.6 is 0 Å². The molecule has 1 unspecified atom stereocenters. The molecule has 18 heavy (non-hydrogen) atoms. The first kappa shape index (κ1) is 14.7. The predicted molar refractivity (Wildman–Crippen MR) is 76.9 cm³/mol. The molecule has 0 bridgehead atoms. The van der Waals surface area contributed by atoms with Gasteiger partial charge in [0.05, 0.1) is 0 Å². The van der Waals surface area contributed by atoms with Gasteiger partial charge in [0.25, 0.3) is 0 Å². The van der Waals surface area contributed by atoms with Crippen LogP contribution in [-0.4, -0.2) is 21.6 Å². The van der Waals surface area contributed by atoms with E-state index in [4.69, 9.17) is 5.73 Å². The molecule has 3 N–H and O–H groups in total. The lowest BCUT2D eigenvalue weighted by molar-refractivity contribution is -0.116. The Morgan fingerprint density at radius 3 is 2.83 bits per heavy atom. The quantitative estimate of drug-likeness (QED) is 0.744. The van der Waals surface area contributed by atoms with Gasteiger partial charge in [-0.05, 0) is 31.0 Å². The molecule has 100 valence electrons. The lowest BCUT2D eigenvalue weighted by Gasteiger charge is -2.05. The molecule has 0 aromatic heterocycles. The SMILES string of the molecule is CCCS(=O)CCCC(=O)Nc1cccc(N)c1. The van der Waals surface area contributed by atoms with Crippen LogP contribution in [0.4, 0.5) is 11.4 Å². The highest BCUT2D eigenvalue weighted by Gasteiger charge is 2.04. The van der Waals surface area contributed by atoms with Crippen molar-refractivity contribution in [3.05, 3.63) is 24.3 Å². The molecule has 0 aliphatic carbocycles. The standard InChI is InChI=1S/C13H20N2O2S/c1-2-8-18(17)9-4-7-13(16)15-12-6-3-5-11(14)10-12/h3,5-6,10H,2,4,7-9,14H2,1H3,(H,15,16). The first-order chi connectivity index (χ1) is 8.61. The van der Waals surface area contributed by atoms with Crippen LogP contribution in [0, 0.1) is 0 Å². The van der Waals surface area contributed by atoms with Gasteiger partial charge in [-0.1, -0.05) is 13.0 Å². The molecule has 0 radical (unpaired) electrons. The maximum Gasteiger partial charge on any atom is 0.224 e. The van der Waals surface area contributed by atoms with E-state index in [2.05, 4.69) is 5.32 Å². The number of benzene rings is 1. The van der Waals surface area contributed by atoms with Crippen molar-refractivity contribution < 1.29 is 9.00 Å². The van der Waals surface area contributed by atoms with Gasteiger partial charge in [-0.15, -0.1) is 0 Å². The molecule has 1 rings (SSSR count). The second-order valence-electron chi connectivity index (χ2n) is 4.13. The molecule has 0 heterocycles. The van der Waals surface area contributed by atoms with Crippen molar-refractivity contribution in [2.45, 2.75) is 26.2 Å². The van der Waals surface area contributed by atoms with Crippen molar-refractivity contribution in [1.29, 1.82) is 0 Å². The Kier molecular flexibility index (Phi) is 6.43. The van der Waals surface area contributed by atoms with E-state index < -0.39 is 10.8 Å². The van der Waals surface area contributed by atoms with Gasteiger partial charge in [-0.2, -0.15) is 0 Å². The Labute approximate surface area is 110 Å². The second kappa shape index (κ2) is 7.87. The lowest BCUT2D eigenvalue weighted by Crippen LogP contribution is -2.13. The molecular formula is C13H20N2O2S. The Balaban J connectivity index is 2.28. The van der Waals surface area contributed by atoms with Crippen molar-refractivity contribution in [2.24, 2.45) is 0 Å². The van der Waals surface area contributed by atoms with E-state index in [1.807, 2.05) is 6.92 Å². The molecule has 0 saturated carbocycles. The highest BCUT2D eigenvalue weighted by molar-refractivity contribution is 7.84. The first-order valence-corrected chi connectivity index (χ1v) is 7.61. The molecule has 1 atom stereocenters. The van der Waals surface area contributed by atoms with Gasteiger partial charge >= 0.3 is 0 Å². The number of rotatable bonds is 7. The zero-order valence-corrected chi connectivity index (χ0v) is 11.5. The minimum Gasteiger partial charge on any atom is -0.399 e. The number of anilines is 2. The Bertz CT molecular complexity index is 421. The third kappa shape index (κ3) is 5.82. The summed E-state index contributed by atoms with van der Waals surface area (Å²) in [6.45, 7) is 2.00. The van der Waals surface area contributed by atoms with Gasteiger partial charge < -0.3 is 11.1 Å². The van der Waals surface area contributed by atoms with Crippen LogP contribution in [0.5, 0.6) is 0 Å². The third-order valence-corrected chi connectivity index (χ3v) is 3.99. The number of amides is 1. The summed E-state index contributed by atoms with van der Waals surface area (Å²) in [7, 11) is -0.787. The molecule has 0 fully saturated rings. The van der Waals surface area contributed by atoms with Gasteiger partial charge in [0.15, 0.2) is 0 Å². The Morgan fingerprint density at radius 1 is 1.39 bits per heavy atom. The Morgan fingerprint density at radius 2 is 2.17 bits per heavy atom. The summed E-state index contributed by atoms with van der Waals surface area (Å²) in [5.74, 6) is 1.25. The number of hydrogen-bond acceptors (Lipinski definition) is 3. The summed E-state index contributed by atoms with van der Waals surface area (Å²) in [5, 5.41) is 2.77. The smallest absolute Gasteiger partial charge is 0.224 e. The van der Waals surface area contributed by atoms with Gasteiger partial charge in [-0.3, -0.25) is 9.00 Å². The molecule has 0 spiro atoms. The van der Waals surface area contributed by atoms with Crippen LogP contribution in [0.3, 0.4) is 0 Å². The third-order valence-electron chi connectivity index (χ3n) is 2.38. The predicted octanol–water partition coefficient (Wildman–Crippen LogP) is 2.15. The van der Waals surface area contributed by atoms with E-state index in [0.29, 0.717) is 30.0 Å². The van der Waals surface area contributed by atoms with Crippen LogP contribution < -0.4 is 11.1 Å². The number of nitrogens with one attached hydrogen (secondary N) is 1. The zero-order valence-electron chi connectivity index (χ0n) is 10.6. The van der Waals surface area contributed by atoms with Crippen LogP contribution in [-0.2, 0) is 15.6 Å². The average molecular weight is 268 g/mol. The van der Waals surface area contributed by atoms with Crippen molar-refractivity contribution >= 4 is 28.1 Å². The van der Waals surface area contributed by atoms with Gasteiger partial charge in [-0.25, -0.2) is 0 Å². The summed E-state index contributed by atoms with van der Waals surface area (Å²) in [4.78, 5) is 11.6. The number of nitrogen functional groups attached to an aromatic ring is 1. The van der Waals surface area contributed by atoms with E-state index in [-0.39, 0.29) is 5.91 Å². The first-order valence-electron chi connectivity index (χ1n) is 6.12. The highest BCUT2D eigenvalue weighted by atomic mass is 32.2. The number of carbonyl (C=O) groups excluding carboxylic acids is 1. The number of nitrogens with two attached hydrogens (primary N) is 1. The molecule has 0 aliphatic rings. The number of carbonyl (C=O) groups is 1. The van der Waals surface area contributed by atoms with E-state index >= 15 is 0 Å². The van der Waals surface area contributed by atoms with E-state index in [1.165, 1.54) is 0 Å². The van der Waals surface area contributed by atoms with Gasteiger partial charge in [0.1, 0.15) is 0 Å². The van der Waals surface area contributed by atoms with Crippen molar-refractivity contribution in [3.8, 4) is 0 Å². The summed E-state index contributed by atoms with van der Waals surface area (Å²) in [6.07, 6.45) is 1.97. The highest BCUT2D eigenvalue weighted by Crippen LogP contribution is 2.12. The summed E-state index contributed by atoms with van der Waals surface area (Å²) < 4.78 is 11.4. The molecule has 1 amide bonds. The zero-order chi connectivity index (χ0) is 13.4. The second-order valence-corrected chi connectivity index (χ2v) is 5.82. The summed E-state index contributed by atoms with van der Waals surface area (Å²) >= 11 is 0. The van der Waals surface area contributed by atoms with Crippen LogP contribution in [0.25, 0.3) is 0 Å². The largest absolute Gasteiger partial charge is 0.399 e. The van der Waals surface area contributed by atoms with Crippen molar-refractivity contribution in [3.63, 3.8) is 0 Å². The molecule has 1 aromatic rings. The van der Waals surface area contributed by atoms with Gasteiger partial charge in [0, 0.05) is 40.1 Å². The minimum absolute atomic E-state index is 0.0610.